The molecular formula is C27H43BCl2N2O5. The van der Waals surface area contributed by atoms with Crippen molar-refractivity contribution in [2.75, 3.05) is 13.2 Å². The van der Waals surface area contributed by atoms with Gasteiger partial charge in [0, 0.05) is 13.0 Å². The van der Waals surface area contributed by atoms with E-state index in [9.17, 15) is 9.59 Å². The average molecular weight is 557 g/mol. The van der Waals surface area contributed by atoms with Crippen LogP contribution in [0.4, 0.5) is 0 Å². The van der Waals surface area contributed by atoms with E-state index in [0.717, 1.165) is 24.7 Å². The van der Waals surface area contributed by atoms with Crippen molar-refractivity contribution in [3.63, 3.8) is 0 Å². The van der Waals surface area contributed by atoms with Gasteiger partial charge in [-0.1, -0.05) is 49.0 Å². The summed E-state index contributed by atoms with van der Waals surface area (Å²) < 4.78 is 17.6. The Morgan fingerprint density at radius 2 is 1.65 bits per heavy atom. The summed E-state index contributed by atoms with van der Waals surface area (Å²) >= 11 is 12.1. The second kappa shape index (κ2) is 14.2. The van der Waals surface area contributed by atoms with Crippen molar-refractivity contribution in [1.29, 1.82) is 0 Å². The standard InChI is InChI=1S/C27H43BCl2N2O5/c1-7-23(33)32-27(24(34)35-8-2,14-9-10-16-28-36-25(3,4)26(5,6)37-28)15-11-17-31-19-20-12-13-21(29)22(30)18-20/h12-13,18,31H,7-11,14-17,19H2,1-6H3,(H,32,33). The van der Waals surface area contributed by atoms with Crippen LogP contribution in [0.1, 0.15) is 85.6 Å². The molecule has 1 fully saturated rings. The largest absolute Gasteiger partial charge is 0.464 e. The number of rotatable bonds is 15. The van der Waals surface area contributed by atoms with Gasteiger partial charge in [-0.3, -0.25) is 4.79 Å². The number of hydrogen-bond donors (Lipinski definition) is 2. The van der Waals surface area contributed by atoms with Gasteiger partial charge in [0.05, 0.1) is 27.9 Å². The van der Waals surface area contributed by atoms with Crippen molar-refractivity contribution in [3.8, 4) is 0 Å². The highest BCUT2D eigenvalue weighted by Gasteiger charge is 2.50. The minimum absolute atomic E-state index is 0.164. The molecule has 37 heavy (non-hydrogen) atoms. The molecule has 1 atom stereocenters. The molecule has 208 valence electrons. The van der Waals surface area contributed by atoms with E-state index in [1.165, 1.54) is 0 Å². The van der Waals surface area contributed by atoms with E-state index in [-0.39, 0.29) is 36.8 Å². The summed E-state index contributed by atoms with van der Waals surface area (Å²) in [5.74, 6) is -0.542. The predicted molar refractivity (Wildman–Crippen MR) is 150 cm³/mol. The summed E-state index contributed by atoms with van der Waals surface area (Å²) in [7, 11) is -0.280. The molecule has 1 amide bonds. The smallest absolute Gasteiger partial charge is 0.457 e. The van der Waals surface area contributed by atoms with Gasteiger partial charge in [-0.2, -0.15) is 0 Å². The number of benzene rings is 1. The van der Waals surface area contributed by atoms with E-state index >= 15 is 0 Å². The number of unbranched alkanes of at least 4 members (excludes halogenated alkanes) is 1. The average Bonchev–Trinajstić information content (AvgIpc) is 3.04. The Balaban J connectivity index is 1.97. The lowest BCUT2D eigenvalue weighted by molar-refractivity contribution is -0.154. The Morgan fingerprint density at radius 3 is 2.24 bits per heavy atom. The normalized spacial score (nSPS) is 17.9. The van der Waals surface area contributed by atoms with Crippen molar-refractivity contribution in [2.24, 2.45) is 0 Å². The maximum atomic E-state index is 13.2. The Bertz CT molecular complexity index is 899. The number of carbonyl (C=O) groups excluding carboxylic acids is 2. The van der Waals surface area contributed by atoms with E-state index in [1.54, 1.807) is 19.9 Å². The fourth-order valence-corrected chi connectivity index (χ4v) is 4.67. The molecule has 0 saturated carbocycles. The van der Waals surface area contributed by atoms with Crippen LogP contribution < -0.4 is 10.6 Å². The van der Waals surface area contributed by atoms with Crippen LogP contribution in [0, 0.1) is 0 Å². The van der Waals surface area contributed by atoms with Crippen molar-refractivity contribution in [2.45, 2.75) is 110 Å². The van der Waals surface area contributed by atoms with Gasteiger partial charge in [0.15, 0.2) is 0 Å². The fraction of sp³-hybridized carbons (Fsp3) is 0.704. The van der Waals surface area contributed by atoms with Gasteiger partial charge < -0.3 is 24.7 Å². The van der Waals surface area contributed by atoms with E-state index in [0.29, 0.717) is 48.8 Å². The van der Waals surface area contributed by atoms with Gasteiger partial charge >= 0.3 is 13.1 Å². The number of nitrogens with one attached hydrogen (secondary N) is 2. The summed E-state index contributed by atoms with van der Waals surface area (Å²) in [5.41, 5.74) is -0.782. The van der Waals surface area contributed by atoms with Crippen LogP contribution in [0.25, 0.3) is 0 Å². The minimum Gasteiger partial charge on any atom is -0.464 e. The van der Waals surface area contributed by atoms with Crippen molar-refractivity contribution >= 4 is 42.2 Å². The van der Waals surface area contributed by atoms with Crippen molar-refractivity contribution in [1.82, 2.24) is 10.6 Å². The van der Waals surface area contributed by atoms with Crippen LogP contribution >= 0.6 is 23.2 Å². The summed E-state index contributed by atoms with van der Waals surface area (Å²) in [6.45, 7) is 13.2. The number of amides is 1. The molecule has 2 rings (SSSR count). The maximum absolute atomic E-state index is 13.2. The lowest BCUT2D eigenvalue weighted by atomic mass is 9.80. The van der Waals surface area contributed by atoms with Gasteiger partial charge in [0.25, 0.3) is 0 Å². The molecule has 10 heteroatoms. The van der Waals surface area contributed by atoms with E-state index in [4.69, 9.17) is 37.2 Å². The molecule has 0 spiro atoms. The van der Waals surface area contributed by atoms with E-state index < -0.39 is 5.54 Å². The Morgan fingerprint density at radius 1 is 1.00 bits per heavy atom. The molecule has 1 aliphatic rings. The molecule has 7 nitrogen and oxygen atoms in total. The van der Waals surface area contributed by atoms with E-state index in [2.05, 4.69) is 10.6 Å². The lowest BCUT2D eigenvalue weighted by Gasteiger charge is -2.33. The van der Waals surface area contributed by atoms with E-state index in [1.807, 2.05) is 39.8 Å². The fourth-order valence-electron chi connectivity index (χ4n) is 4.35. The molecule has 1 saturated heterocycles. The van der Waals surface area contributed by atoms with Crippen LogP contribution in [0.5, 0.6) is 0 Å². The van der Waals surface area contributed by atoms with Crippen molar-refractivity contribution < 1.29 is 23.6 Å². The summed E-state index contributed by atoms with van der Waals surface area (Å²) in [6, 6.07) is 5.53. The van der Waals surface area contributed by atoms with Gasteiger partial charge in [0.1, 0.15) is 5.54 Å². The van der Waals surface area contributed by atoms with Gasteiger partial charge in [0.2, 0.25) is 5.91 Å². The molecule has 0 aromatic heterocycles. The molecule has 0 radical (unpaired) electrons. The summed E-state index contributed by atoms with van der Waals surface area (Å²) in [5, 5.41) is 7.43. The topological polar surface area (TPSA) is 85.9 Å². The quantitative estimate of drug-likeness (QED) is 0.158. The van der Waals surface area contributed by atoms with Crippen LogP contribution in [0.3, 0.4) is 0 Å². The maximum Gasteiger partial charge on any atom is 0.457 e. The molecule has 2 N–H and O–H groups in total. The van der Waals surface area contributed by atoms with Crippen LogP contribution in [-0.4, -0.2) is 48.9 Å². The number of esters is 1. The molecule has 1 aromatic rings. The number of ether oxygens (including phenoxy) is 1. The second-order valence-electron chi connectivity index (χ2n) is 10.7. The number of hydrogen-bond acceptors (Lipinski definition) is 6. The Hall–Kier alpha value is -1.32. The third-order valence-electron chi connectivity index (χ3n) is 7.23. The zero-order valence-corrected chi connectivity index (χ0v) is 24.7. The minimum atomic E-state index is -1.07. The number of carbonyl (C=O) groups is 2. The molecule has 0 aliphatic carbocycles. The molecule has 1 heterocycles. The SMILES string of the molecule is CCOC(=O)C(CCCCB1OC(C)(C)C(C)(C)O1)(CCCNCc1ccc(Cl)c(Cl)c1)NC(=O)CC. The Labute approximate surface area is 232 Å². The zero-order valence-electron chi connectivity index (χ0n) is 23.2. The Kier molecular flexibility index (Phi) is 12.2. The third-order valence-corrected chi connectivity index (χ3v) is 7.97. The molecule has 1 aromatic carbocycles. The van der Waals surface area contributed by atoms with Crippen molar-refractivity contribution in [3.05, 3.63) is 33.8 Å². The molecule has 1 unspecified atom stereocenters. The number of halogens is 2. The summed E-state index contributed by atoms with van der Waals surface area (Å²) in [4.78, 5) is 25.6. The first kappa shape index (κ1) is 31.9. The molecule has 1 aliphatic heterocycles. The first-order valence-corrected chi connectivity index (χ1v) is 14.1. The predicted octanol–water partition coefficient (Wildman–Crippen LogP) is 5.95. The van der Waals surface area contributed by atoms with Gasteiger partial charge in [-0.15, -0.1) is 0 Å². The lowest BCUT2D eigenvalue weighted by Crippen LogP contribution is -2.55. The first-order valence-electron chi connectivity index (χ1n) is 13.3. The van der Waals surface area contributed by atoms with Crippen LogP contribution in [0.2, 0.25) is 16.4 Å². The second-order valence-corrected chi connectivity index (χ2v) is 11.5. The zero-order chi connectivity index (χ0) is 27.7. The highest BCUT2D eigenvalue weighted by Crippen LogP contribution is 2.38. The van der Waals surface area contributed by atoms with Crippen LogP contribution in [0.15, 0.2) is 18.2 Å². The highest BCUT2D eigenvalue weighted by molar-refractivity contribution is 6.45. The van der Waals surface area contributed by atoms with Gasteiger partial charge in [-0.05, 0) is 84.4 Å². The van der Waals surface area contributed by atoms with Crippen LogP contribution in [-0.2, 0) is 30.2 Å². The molecular weight excluding hydrogens is 514 g/mol. The monoisotopic (exact) mass is 556 g/mol. The first-order chi connectivity index (χ1) is 17.4. The summed E-state index contributed by atoms with van der Waals surface area (Å²) in [6.07, 6.45) is 4.19. The molecule has 0 bridgehead atoms. The third kappa shape index (κ3) is 9.14. The van der Waals surface area contributed by atoms with Gasteiger partial charge in [-0.25, -0.2) is 4.79 Å². The highest BCUT2D eigenvalue weighted by atomic mass is 35.5.